The molecule has 16 heavy (non-hydrogen) atoms. The van der Waals surface area contributed by atoms with Crippen molar-refractivity contribution in [3.8, 4) is 0 Å². The van der Waals surface area contributed by atoms with Crippen LogP contribution in [0.1, 0.15) is 19.4 Å². The Morgan fingerprint density at radius 1 is 1.00 bits per heavy atom. The van der Waals surface area contributed by atoms with Crippen LogP contribution in [0.3, 0.4) is 0 Å². The molecular weight excluding hydrogens is 194 g/mol. The van der Waals surface area contributed by atoms with E-state index in [1.807, 2.05) is 7.05 Å². The van der Waals surface area contributed by atoms with E-state index in [0.29, 0.717) is 5.92 Å². The Hall–Kier alpha value is -1.63. The highest BCUT2D eigenvalue weighted by Gasteiger charge is 2.10. The summed E-state index contributed by atoms with van der Waals surface area (Å²) >= 11 is 0. The van der Waals surface area contributed by atoms with Gasteiger partial charge in [-0.2, -0.15) is 0 Å². The van der Waals surface area contributed by atoms with Gasteiger partial charge in [0.25, 0.3) is 0 Å². The molecule has 2 aromatic carbocycles. The van der Waals surface area contributed by atoms with Crippen LogP contribution in [0.15, 0.2) is 47.5 Å². The zero-order valence-corrected chi connectivity index (χ0v) is 10.1. The molecule has 0 N–H and O–H groups in total. The second-order valence-corrected chi connectivity index (χ2v) is 4.29. The van der Waals surface area contributed by atoms with Crippen molar-refractivity contribution in [1.29, 1.82) is 0 Å². The molecule has 0 spiro atoms. The second-order valence-electron chi connectivity index (χ2n) is 4.29. The van der Waals surface area contributed by atoms with Crippen molar-refractivity contribution in [2.24, 2.45) is 10.9 Å². The van der Waals surface area contributed by atoms with Gasteiger partial charge in [-0.15, -0.1) is 0 Å². The van der Waals surface area contributed by atoms with E-state index in [9.17, 15) is 0 Å². The van der Waals surface area contributed by atoms with Gasteiger partial charge in [0.05, 0.1) is 0 Å². The SMILES string of the molecule is CN=C(c1cccc2ccccc12)C(C)C. The smallest absolute Gasteiger partial charge is 0.0448 e. The van der Waals surface area contributed by atoms with Gasteiger partial charge in [0, 0.05) is 18.3 Å². The summed E-state index contributed by atoms with van der Waals surface area (Å²) in [6.45, 7) is 4.37. The van der Waals surface area contributed by atoms with Crippen LogP contribution in [0.4, 0.5) is 0 Å². The highest BCUT2D eigenvalue weighted by atomic mass is 14.7. The standard InChI is InChI=1S/C15H17N/c1-11(2)15(16-3)14-10-6-8-12-7-4-5-9-13(12)14/h4-11H,1-3H3. The van der Waals surface area contributed by atoms with Gasteiger partial charge < -0.3 is 0 Å². The molecule has 0 saturated carbocycles. The van der Waals surface area contributed by atoms with E-state index in [1.165, 1.54) is 22.0 Å². The molecule has 0 unspecified atom stereocenters. The topological polar surface area (TPSA) is 12.4 Å². The van der Waals surface area contributed by atoms with Crippen LogP contribution >= 0.6 is 0 Å². The summed E-state index contributed by atoms with van der Waals surface area (Å²) in [6, 6.07) is 14.9. The third-order valence-corrected chi connectivity index (χ3v) is 2.85. The fraction of sp³-hybridized carbons (Fsp3) is 0.267. The Kier molecular flexibility index (Phi) is 3.04. The average molecular weight is 211 g/mol. The van der Waals surface area contributed by atoms with Crippen molar-refractivity contribution in [2.75, 3.05) is 7.05 Å². The molecular formula is C15H17N. The van der Waals surface area contributed by atoms with Gasteiger partial charge in [-0.05, 0) is 16.7 Å². The number of fused-ring (bicyclic) bond motifs is 1. The van der Waals surface area contributed by atoms with Gasteiger partial charge in [-0.1, -0.05) is 56.3 Å². The molecule has 82 valence electrons. The number of benzene rings is 2. The fourth-order valence-electron chi connectivity index (χ4n) is 2.14. The maximum absolute atomic E-state index is 4.42. The van der Waals surface area contributed by atoms with Crippen molar-refractivity contribution in [2.45, 2.75) is 13.8 Å². The lowest BCUT2D eigenvalue weighted by Crippen LogP contribution is -2.09. The fourth-order valence-corrected chi connectivity index (χ4v) is 2.14. The Labute approximate surface area is 96.8 Å². The Morgan fingerprint density at radius 3 is 2.38 bits per heavy atom. The van der Waals surface area contributed by atoms with E-state index in [0.717, 1.165) is 0 Å². The van der Waals surface area contributed by atoms with Crippen LogP contribution in [0.2, 0.25) is 0 Å². The van der Waals surface area contributed by atoms with Gasteiger partial charge in [-0.25, -0.2) is 0 Å². The van der Waals surface area contributed by atoms with Crippen LogP contribution < -0.4 is 0 Å². The molecule has 0 bridgehead atoms. The molecule has 0 aliphatic rings. The van der Waals surface area contributed by atoms with E-state index in [1.54, 1.807) is 0 Å². The summed E-state index contributed by atoms with van der Waals surface area (Å²) in [7, 11) is 1.87. The normalized spacial score (nSPS) is 12.4. The summed E-state index contributed by atoms with van der Waals surface area (Å²) in [5.74, 6) is 0.454. The lowest BCUT2D eigenvalue weighted by atomic mass is 9.95. The molecule has 0 fully saturated rings. The van der Waals surface area contributed by atoms with Crippen LogP contribution in [0.5, 0.6) is 0 Å². The average Bonchev–Trinajstić information content (AvgIpc) is 2.30. The zero-order valence-electron chi connectivity index (χ0n) is 10.1. The van der Waals surface area contributed by atoms with E-state index in [-0.39, 0.29) is 0 Å². The first-order valence-electron chi connectivity index (χ1n) is 5.69. The zero-order chi connectivity index (χ0) is 11.5. The number of hydrogen-bond donors (Lipinski definition) is 0. The molecule has 0 heterocycles. The van der Waals surface area contributed by atoms with E-state index >= 15 is 0 Å². The predicted octanol–water partition coefficient (Wildman–Crippen LogP) is 3.91. The minimum Gasteiger partial charge on any atom is -0.292 e. The van der Waals surface area contributed by atoms with E-state index < -0.39 is 0 Å². The molecule has 2 rings (SSSR count). The number of nitrogens with zero attached hydrogens (tertiary/aromatic N) is 1. The molecule has 0 aliphatic heterocycles. The van der Waals surface area contributed by atoms with Crippen molar-refractivity contribution in [3.05, 3.63) is 48.0 Å². The summed E-state index contributed by atoms with van der Waals surface area (Å²) in [5.41, 5.74) is 2.44. The van der Waals surface area contributed by atoms with E-state index in [4.69, 9.17) is 0 Å². The van der Waals surface area contributed by atoms with Gasteiger partial charge in [0.2, 0.25) is 0 Å². The van der Waals surface area contributed by atoms with Crippen LogP contribution in [0.25, 0.3) is 10.8 Å². The van der Waals surface area contributed by atoms with Crippen molar-refractivity contribution in [1.82, 2.24) is 0 Å². The lowest BCUT2D eigenvalue weighted by Gasteiger charge is -2.12. The predicted molar refractivity (Wildman–Crippen MR) is 71.2 cm³/mol. The van der Waals surface area contributed by atoms with E-state index in [2.05, 4.69) is 61.3 Å². The Balaban J connectivity index is 2.69. The first-order chi connectivity index (χ1) is 7.74. The molecule has 0 aromatic heterocycles. The lowest BCUT2D eigenvalue weighted by molar-refractivity contribution is 0.883. The molecule has 1 heteroatoms. The number of rotatable bonds is 2. The summed E-state index contributed by atoms with van der Waals surface area (Å²) in [6.07, 6.45) is 0. The highest BCUT2D eigenvalue weighted by Crippen LogP contribution is 2.21. The van der Waals surface area contributed by atoms with Crippen LogP contribution in [0, 0.1) is 5.92 Å². The number of hydrogen-bond acceptors (Lipinski definition) is 1. The maximum Gasteiger partial charge on any atom is 0.0448 e. The molecule has 0 atom stereocenters. The van der Waals surface area contributed by atoms with Gasteiger partial charge in [0.15, 0.2) is 0 Å². The molecule has 0 aliphatic carbocycles. The van der Waals surface area contributed by atoms with Crippen LogP contribution in [-0.4, -0.2) is 12.8 Å². The molecule has 1 nitrogen and oxygen atoms in total. The summed E-state index contributed by atoms with van der Waals surface area (Å²) in [5, 5.41) is 2.57. The molecule has 0 amide bonds. The monoisotopic (exact) mass is 211 g/mol. The Bertz CT molecular complexity index is 518. The van der Waals surface area contributed by atoms with Crippen LogP contribution in [-0.2, 0) is 0 Å². The first-order valence-corrected chi connectivity index (χ1v) is 5.69. The minimum atomic E-state index is 0.454. The third-order valence-electron chi connectivity index (χ3n) is 2.85. The van der Waals surface area contributed by atoms with Gasteiger partial charge in [-0.3, -0.25) is 4.99 Å². The number of aliphatic imine (C=N–C) groups is 1. The molecule has 0 radical (unpaired) electrons. The largest absolute Gasteiger partial charge is 0.292 e. The molecule has 0 saturated heterocycles. The minimum absolute atomic E-state index is 0.454. The molecule has 2 aromatic rings. The van der Waals surface area contributed by atoms with Crippen molar-refractivity contribution >= 4 is 16.5 Å². The summed E-state index contributed by atoms with van der Waals surface area (Å²) < 4.78 is 0. The summed E-state index contributed by atoms with van der Waals surface area (Å²) in [4.78, 5) is 4.42. The highest BCUT2D eigenvalue weighted by molar-refractivity contribution is 6.11. The quantitative estimate of drug-likeness (QED) is 0.668. The Morgan fingerprint density at radius 2 is 1.69 bits per heavy atom. The second kappa shape index (κ2) is 4.48. The van der Waals surface area contributed by atoms with Crippen molar-refractivity contribution in [3.63, 3.8) is 0 Å². The van der Waals surface area contributed by atoms with Gasteiger partial charge >= 0.3 is 0 Å². The third kappa shape index (κ3) is 1.85. The maximum atomic E-state index is 4.42. The van der Waals surface area contributed by atoms with Gasteiger partial charge in [0.1, 0.15) is 0 Å². The first kappa shape index (κ1) is 10.9. The van der Waals surface area contributed by atoms with Crippen molar-refractivity contribution < 1.29 is 0 Å².